The van der Waals surface area contributed by atoms with Crippen molar-refractivity contribution in [3.63, 3.8) is 0 Å². The third kappa shape index (κ3) is 10.2. The number of rotatable bonds is 7. The maximum Gasteiger partial charge on any atom is 0.408 e. The molecular weight excluding hydrogens is 262 g/mol. The Labute approximate surface area is 119 Å². The molecule has 0 aromatic carbocycles. The molecule has 0 fully saturated rings. The van der Waals surface area contributed by atoms with Crippen LogP contribution in [0.15, 0.2) is 4.99 Å². The second kappa shape index (κ2) is 8.39. The number of carbonyl (C=O) groups excluding carboxylic acids is 1. The summed E-state index contributed by atoms with van der Waals surface area (Å²) in [6.07, 6.45) is 0.951. The number of amides is 1. The van der Waals surface area contributed by atoms with Crippen LogP contribution in [0.3, 0.4) is 0 Å². The van der Waals surface area contributed by atoms with E-state index in [0.717, 1.165) is 0 Å². The molecule has 0 bridgehead atoms. The lowest BCUT2D eigenvalue weighted by atomic mass is 10.1. The van der Waals surface area contributed by atoms with Crippen molar-refractivity contribution >= 4 is 17.9 Å². The minimum atomic E-state index is -1.07. The number of aliphatic imine (C=N–C) groups is 1. The molecule has 0 aliphatic heterocycles. The van der Waals surface area contributed by atoms with Crippen molar-refractivity contribution in [2.45, 2.75) is 58.6 Å². The number of unbranched alkanes of at least 4 members (excludes halogenated alkanes) is 1. The molecule has 1 atom stereocenters. The van der Waals surface area contributed by atoms with E-state index in [0.29, 0.717) is 31.6 Å². The summed E-state index contributed by atoms with van der Waals surface area (Å²) in [7, 11) is 0. The molecule has 0 aromatic heterocycles. The lowest BCUT2D eigenvalue weighted by Gasteiger charge is -2.21. The highest BCUT2D eigenvalue weighted by Gasteiger charge is 2.23. The molecule has 0 aliphatic rings. The Kier molecular flexibility index (Phi) is 7.64. The van der Waals surface area contributed by atoms with Crippen LogP contribution in [-0.2, 0) is 9.53 Å². The van der Waals surface area contributed by atoms with Crippen molar-refractivity contribution in [1.29, 1.82) is 0 Å². The normalized spacial score (nSPS) is 13.7. The molecule has 0 unspecified atom stereocenters. The first kappa shape index (κ1) is 18.2. The van der Waals surface area contributed by atoms with E-state index in [1.54, 1.807) is 27.7 Å². The highest BCUT2D eigenvalue weighted by atomic mass is 16.6. The number of alkyl carbamates (subject to hydrolysis) is 1. The van der Waals surface area contributed by atoms with Crippen LogP contribution < -0.4 is 11.1 Å². The smallest absolute Gasteiger partial charge is 0.408 e. The Balaban J connectivity index is 4.15. The van der Waals surface area contributed by atoms with Gasteiger partial charge in [0.2, 0.25) is 0 Å². The van der Waals surface area contributed by atoms with Gasteiger partial charge in [-0.3, -0.25) is 4.99 Å². The van der Waals surface area contributed by atoms with E-state index in [2.05, 4.69) is 10.3 Å². The van der Waals surface area contributed by atoms with Crippen LogP contribution >= 0.6 is 0 Å². The summed E-state index contributed by atoms with van der Waals surface area (Å²) in [5.41, 5.74) is 4.74. The van der Waals surface area contributed by atoms with Crippen molar-refractivity contribution in [2.24, 2.45) is 10.7 Å². The molecule has 0 aromatic rings. The van der Waals surface area contributed by atoms with Crippen molar-refractivity contribution in [3.05, 3.63) is 0 Å². The molecular formula is C13H25N3O4. The Morgan fingerprint density at radius 3 is 2.40 bits per heavy atom. The lowest BCUT2D eigenvalue weighted by Crippen LogP contribution is -2.43. The van der Waals surface area contributed by atoms with E-state index in [1.165, 1.54) is 0 Å². The Morgan fingerprint density at radius 2 is 1.95 bits per heavy atom. The molecule has 4 N–H and O–H groups in total. The van der Waals surface area contributed by atoms with Gasteiger partial charge in [0.15, 0.2) is 0 Å². The summed E-state index contributed by atoms with van der Waals surface area (Å²) in [6.45, 7) is 7.41. The average molecular weight is 287 g/mol. The first-order valence-electron chi connectivity index (χ1n) is 6.60. The van der Waals surface area contributed by atoms with Crippen LogP contribution in [0.25, 0.3) is 0 Å². The Hall–Kier alpha value is -1.79. The van der Waals surface area contributed by atoms with Gasteiger partial charge in [-0.2, -0.15) is 0 Å². The van der Waals surface area contributed by atoms with Crippen molar-refractivity contribution in [3.8, 4) is 0 Å². The highest BCUT2D eigenvalue weighted by Crippen LogP contribution is 2.08. The third-order valence-electron chi connectivity index (χ3n) is 2.25. The largest absolute Gasteiger partial charge is 0.480 e. The predicted octanol–water partition coefficient (Wildman–Crippen LogP) is 1.51. The van der Waals surface area contributed by atoms with E-state index in [-0.39, 0.29) is 0 Å². The maximum absolute atomic E-state index is 11.5. The van der Waals surface area contributed by atoms with Crippen LogP contribution in [0.5, 0.6) is 0 Å². The molecule has 0 radical (unpaired) electrons. The fraction of sp³-hybridized carbons (Fsp3) is 0.769. The van der Waals surface area contributed by atoms with E-state index < -0.39 is 23.7 Å². The number of nitrogens with two attached hydrogens (primary N) is 1. The summed E-state index contributed by atoms with van der Waals surface area (Å²) in [5.74, 6) is -0.568. The molecule has 116 valence electrons. The fourth-order valence-electron chi connectivity index (χ4n) is 1.42. The maximum atomic E-state index is 11.5. The molecule has 7 heteroatoms. The number of amidine groups is 1. The molecule has 0 aliphatic carbocycles. The summed E-state index contributed by atoms with van der Waals surface area (Å²) in [6, 6.07) is -0.951. The SMILES string of the molecule is CC(N)=NCCCC[C@H](NC(=O)OC(C)(C)C)C(=O)O. The zero-order chi connectivity index (χ0) is 15.8. The monoisotopic (exact) mass is 287 g/mol. The highest BCUT2D eigenvalue weighted by molar-refractivity contribution is 5.80. The van der Waals surface area contributed by atoms with E-state index in [4.69, 9.17) is 15.6 Å². The first-order chi connectivity index (χ1) is 9.11. The standard InChI is InChI=1S/C13H25N3O4/c1-9(14)15-8-6-5-7-10(11(17)18)16-12(19)20-13(2,3)4/h10H,5-8H2,1-4H3,(H2,14,15)(H,16,19)(H,17,18)/t10-/m0/s1. The number of carbonyl (C=O) groups is 2. The van der Waals surface area contributed by atoms with Crippen LogP contribution in [0.2, 0.25) is 0 Å². The summed E-state index contributed by atoms with van der Waals surface area (Å²) in [4.78, 5) is 26.6. The van der Waals surface area contributed by atoms with Gasteiger partial charge in [-0.25, -0.2) is 9.59 Å². The van der Waals surface area contributed by atoms with Crippen LogP contribution in [0.1, 0.15) is 47.0 Å². The summed E-state index contributed by atoms with van der Waals surface area (Å²) < 4.78 is 5.03. The molecule has 0 spiro atoms. The zero-order valence-electron chi connectivity index (χ0n) is 12.6. The van der Waals surface area contributed by atoms with Gasteiger partial charge in [0, 0.05) is 6.54 Å². The lowest BCUT2D eigenvalue weighted by molar-refractivity contribution is -0.139. The number of nitrogens with one attached hydrogen (secondary N) is 1. The molecule has 0 saturated heterocycles. The van der Waals surface area contributed by atoms with Gasteiger partial charge < -0.3 is 20.9 Å². The molecule has 20 heavy (non-hydrogen) atoms. The van der Waals surface area contributed by atoms with Gasteiger partial charge in [0.1, 0.15) is 11.6 Å². The zero-order valence-corrected chi connectivity index (χ0v) is 12.6. The molecule has 0 rings (SSSR count). The number of ether oxygens (including phenoxy) is 1. The van der Waals surface area contributed by atoms with E-state index >= 15 is 0 Å². The second-order valence-corrected chi connectivity index (χ2v) is 5.56. The molecule has 7 nitrogen and oxygen atoms in total. The van der Waals surface area contributed by atoms with Gasteiger partial charge in [-0.1, -0.05) is 0 Å². The fourth-order valence-corrected chi connectivity index (χ4v) is 1.42. The minimum Gasteiger partial charge on any atom is -0.480 e. The molecule has 1 amide bonds. The van der Waals surface area contributed by atoms with Crippen LogP contribution in [0, 0.1) is 0 Å². The number of aliphatic carboxylic acids is 1. The predicted molar refractivity (Wildman–Crippen MR) is 76.8 cm³/mol. The van der Waals surface area contributed by atoms with Gasteiger partial charge >= 0.3 is 12.1 Å². The van der Waals surface area contributed by atoms with Crippen molar-refractivity contribution < 1.29 is 19.4 Å². The molecule has 0 saturated carbocycles. The Bertz CT molecular complexity index is 357. The number of hydrogen-bond donors (Lipinski definition) is 3. The second-order valence-electron chi connectivity index (χ2n) is 5.56. The topological polar surface area (TPSA) is 114 Å². The quantitative estimate of drug-likeness (QED) is 0.373. The summed E-state index contributed by atoms with van der Waals surface area (Å²) in [5, 5.41) is 11.4. The van der Waals surface area contributed by atoms with E-state index in [1.807, 2.05) is 0 Å². The number of nitrogens with zero attached hydrogens (tertiary/aromatic N) is 1. The van der Waals surface area contributed by atoms with Gasteiger partial charge in [0.25, 0.3) is 0 Å². The number of carboxylic acids is 1. The van der Waals surface area contributed by atoms with Gasteiger partial charge in [0.05, 0.1) is 5.84 Å². The number of hydrogen-bond acceptors (Lipinski definition) is 4. The number of carboxylic acid groups (broad SMARTS) is 1. The first-order valence-corrected chi connectivity index (χ1v) is 6.60. The van der Waals surface area contributed by atoms with Crippen LogP contribution in [0.4, 0.5) is 4.79 Å². The average Bonchev–Trinajstić information content (AvgIpc) is 2.23. The van der Waals surface area contributed by atoms with E-state index in [9.17, 15) is 9.59 Å². The van der Waals surface area contributed by atoms with Gasteiger partial charge in [-0.15, -0.1) is 0 Å². The molecule has 0 heterocycles. The Morgan fingerprint density at radius 1 is 1.35 bits per heavy atom. The third-order valence-corrected chi connectivity index (χ3v) is 2.25. The van der Waals surface area contributed by atoms with Crippen molar-refractivity contribution in [1.82, 2.24) is 5.32 Å². The van der Waals surface area contributed by atoms with Gasteiger partial charge in [-0.05, 0) is 47.0 Å². The van der Waals surface area contributed by atoms with Crippen LogP contribution in [-0.4, -0.2) is 41.2 Å². The summed E-state index contributed by atoms with van der Waals surface area (Å²) >= 11 is 0. The van der Waals surface area contributed by atoms with Crippen molar-refractivity contribution in [2.75, 3.05) is 6.54 Å². The minimum absolute atomic E-state index is 0.327.